The molecule has 1 amide bonds. The molecule has 0 aliphatic heterocycles. The fourth-order valence-corrected chi connectivity index (χ4v) is 2.68. The van der Waals surface area contributed by atoms with Gasteiger partial charge in [-0.2, -0.15) is 13.2 Å². The number of carboxylic acids is 1. The maximum Gasteiger partial charge on any atom is 0.419 e. The average Bonchev–Trinajstić information content (AvgIpc) is 3.16. The van der Waals surface area contributed by atoms with Crippen molar-refractivity contribution in [1.82, 2.24) is 9.55 Å². The number of amides is 1. The molecule has 0 aliphatic carbocycles. The Morgan fingerprint density at radius 1 is 1.07 bits per heavy atom. The molecular weight excluding hydrogens is 406 g/mol. The lowest BCUT2D eigenvalue weighted by atomic mass is 10.1. The van der Waals surface area contributed by atoms with Crippen molar-refractivity contribution in [3.8, 4) is 16.9 Å². The summed E-state index contributed by atoms with van der Waals surface area (Å²) in [6.07, 6.45) is -2.35. The van der Waals surface area contributed by atoms with Crippen LogP contribution in [-0.4, -0.2) is 26.5 Å². The fraction of sp³-hybridized carbons (Fsp3) is 0.150. The summed E-state index contributed by atoms with van der Waals surface area (Å²) in [4.78, 5) is 26.2. The number of nitrogens with zero attached hydrogens (tertiary/aromatic N) is 2. The summed E-state index contributed by atoms with van der Waals surface area (Å²) in [5.41, 5.74) is 0.0622. The van der Waals surface area contributed by atoms with Gasteiger partial charge in [-0.25, -0.2) is 9.37 Å². The maximum absolute atomic E-state index is 13.5. The van der Waals surface area contributed by atoms with Crippen LogP contribution in [0.15, 0.2) is 55.0 Å². The summed E-state index contributed by atoms with van der Waals surface area (Å²) in [5, 5.41) is 11.1. The van der Waals surface area contributed by atoms with Crippen LogP contribution in [0.3, 0.4) is 0 Å². The number of rotatable bonds is 6. The third-order valence-corrected chi connectivity index (χ3v) is 4.17. The van der Waals surface area contributed by atoms with Crippen molar-refractivity contribution >= 4 is 17.6 Å². The Morgan fingerprint density at radius 2 is 1.77 bits per heavy atom. The number of alkyl halides is 3. The maximum atomic E-state index is 13.5. The minimum atomic E-state index is -4.81. The summed E-state index contributed by atoms with van der Waals surface area (Å²) < 4.78 is 53.7. The van der Waals surface area contributed by atoms with Gasteiger partial charge >= 0.3 is 12.1 Å². The van der Waals surface area contributed by atoms with Gasteiger partial charge < -0.3 is 15.0 Å². The van der Waals surface area contributed by atoms with Crippen LogP contribution < -0.4 is 5.32 Å². The van der Waals surface area contributed by atoms with Crippen LogP contribution >= 0.6 is 0 Å². The van der Waals surface area contributed by atoms with Gasteiger partial charge in [-0.15, -0.1) is 0 Å². The molecule has 0 aliphatic rings. The number of carboxylic acid groups (broad SMARTS) is 1. The normalized spacial score (nSPS) is 11.3. The molecular formula is C20H15F4N3O3. The zero-order chi connectivity index (χ0) is 21.9. The molecule has 2 N–H and O–H groups in total. The summed E-state index contributed by atoms with van der Waals surface area (Å²) in [7, 11) is 0. The second kappa shape index (κ2) is 8.36. The van der Waals surface area contributed by atoms with E-state index in [1.54, 1.807) is 28.8 Å². The number of carbonyl (C=O) groups is 2. The third-order valence-electron chi connectivity index (χ3n) is 4.17. The Morgan fingerprint density at radius 3 is 2.40 bits per heavy atom. The largest absolute Gasteiger partial charge is 0.481 e. The van der Waals surface area contributed by atoms with Gasteiger partial charge in [0.05, 0.1) is 24.0 Å². The van der Waals surface area contributed by atoms with E-state index in [-0.39, 0.29) is 24.1 Å². The van der Waals surface area contributed by atoms with Gasteiger partial charge in [0.15, 0.2) is 0 Å². The molecule has 0 atom stereocenters. The number of halogens is 4. The number of nitrogens with one attached hydrogen (secondary N) is 1. The van der Waals surface area contributed by atoms with Gasteiger partial charge in [-0.3, -0.25) is 9.59 Å². The molecule has 3 aromatic rings. The summed E-state index contributed by atoms with van der Waals surface area (Å²) in [5.74, 6) is -2.86. The van der Waals surface area contributed by atoms with Crippen molar-refractivity contribution in [3.63, 3.8) is 0 Å². The molecule has 0 fully saturated rings. The van der Waals surface area contributed by atoms with Crippen molar-refractivity contribution < 1.29 is 32.3 Å². The number of benzene rings is 2. The van der Waals surface area contributed by atoms with Crippen LogP contribution in [0.5, 0.6) is 0 Å². The smallest absolute Gasteiger partial charge is 0.419 e. The highest BCUT2D eigenvalue weighted by Crippen LogP contribution is 2.34. The van der Waals surface area contributed by atoms with E-state index in [9.17, 15) is 27.2 Å². The molecule has 0 radical (unpaired) electrons. The molecule has 1 aromatic heterocycles. The number of aromatic nitrogens is 2. The summed E-state index contributed by atoms with van der Waals surface area (Å²) in [6.45, 7) is 0. The first kappa shape index (κ1) is 21.0. The molecule has 2 aromatic carbocycles. The van der Waals surface area contributed by atoms with Crippen molar-refractivity contribution in [2.45, 2.75) is 19.0 Å². The molecule has 3 rings (SSSR count). The van der Waals surface area contributed by atoms with Crippen molar-refractivity contribution in [3.05, 3.63) is 66.4 Å². The first-order chi connectivity index (χ1) is 14.1. The molecule has 6 nitrogen and oxygen atoms in total. The standard InChI is InChI=1S/C20H15F4N3O3/c21-16-6-1-12(9-15(16)20(22,23)24)17-10-27(11-25-17)14-4-2-13(3-5-14)26-18(28)7-8-19(29)30/h1-6,9-11H,7-8H2,(H,26,28)(H,29,30). The molecule has 0 bridgehead atoms. The lowest BCUT2D eigenvalue weighted by molar-refractivity contribution is -0.140. The molecule has 10 heteroatoms. The minimum Gasteiger partial charge on any atom is -0.481 e. The summed E-state index contributed by atoms with van der Waals surface area (Å²) in [6, 6.07) is 9.14. The van der Waals surface area contributed by atoms with Crippen LogP contribution in [0.2, 0.25) is 0 Å². The van der Waals surface area contributed by atoms with Crippen LogP contribution in [0.4, 0.5) is 23.2 Å². The SMILES string of the molecule is O=C(O)CCC(=O)Nc1ccc(-n2cnc(-c3ccc(F)c(C(F)(F)F)c3)c2)cc1. The average molecular weight is 421 g/mol. The fourth-order valence-electron chi connectivity index (χ4n) is 2.68. The molecule has 0 saturated heterocycles. The first-order valence-corrected chi connectivity index (χ1v) is 8.66. The molecule has 0 saturated carbocycles. The van der Waals surface area contributed by atoms with E-state index in [1.807, 2.05) is 0 Å². The van der Waals surface area contributed by atoms with E-state index < -0.39 is 29.4 Å². The number of anilines is 1. The van der Waals surface area contributed by atoms with Gasteiger partial charge in [0.2, 0.25) is 5.91 Å². The lowest BCUT2D eigenvalue weighted by Gasteiger charge is -2.09. The quantitative estimate of drug-likeness (QED) is 0.574. The molecule has 0 unspecified atom stereocenters. The van der Waals surface area contributed by atoms with Gasteiger partial charge in [-0.05, 0) is 42.5 Å². The highest BCUT2D eigenvalue weighted by molar-refractivity contribution is 5.92. The van der Waals surface area contributed by atoms with E-state index >= 15 is 0 Å². The van der Waals surface area contributed by atoms with Crippen LogP contribution in [0, 0.1) is 5.82 Å². The van der Waals surface area contributed by atoms with Gasteiger partial charge in [-0.1, -0.05) is 0 Å². The first-order valence-electron chi connectivity index (χ1n) is 8.66. The Balaban J connectivity index is 1.75. The van der Waals surface area contributed by atoms with Crippen molar-refractivity contribution in [2.75, 3.05) is 5.32 Å². The van der Waals surface area contributed by atoms with E-state index in [4.69, 9.17) is 5.11 Å². The summed E-state index contributed by atoms with van der Waals surface area (Å²) >= 11 is 0. The molecule has 1 heterocycles. The minimum absolute atomic E-state index is 0.116. The van der Waals surface area contributed by atoms with Crippen LogP contribution in [-0.2, 0) is 15.8 Å². The number of hydrogen-bond donors (Lipinski definition) is 2. The monoisotopic (exact) mass is 421 g/mol. The molecule has 30 heavy (non-hydrogen) atoms. The molecule has 156 valence electrons. The Kier molecular flexibility index (Phi) is 5.86. The van der Waals surface area contributed by atoms with Crippen LogP contribution in [0.1, 0.15) is 18.4 Å². The van der Waals surface area contributed by atoms with E-state index in [2.05, 4.69) is 10.3 Å². The highest BCUT2D eigenvalue weighted by Gasteiger charge is 2.34. The second-order valence-corrected chi connectivity index (χ2v) is 6.35. The number of carbonyl (C=O) groups excluding carboxylic acids is 1. The zero-order valence-corrected chi connectivity index (χ0v) is 15.3. The van der Waals surface area contributed by atoms with Crippen LogP contribution in [0.25, 0.3) is 16.9 Å². The van der Waals surface area contributed by atoms with Gasteiger partial charge in [0.1, 0.15) is 5.82 Å². The Bertz CT molecular complexity index is 1080. The van der Waals surface area contributed by atoms with Gasteiger partial charge in [0.25, 0.3) is 0 Å². The number of aliphatic carboxylic acids is 1. The number of imidazole rings is 1. The van der Waals surface area contributed by atoms with E-state index in [0.717, 1.165) is 6.07 Å². The van der Waals surface area contributed by atoms with Crippen molar-refractivity contribution in [1.29, 1.82) is 0 Å². The lowest BCUT2D eigenvalue weighted by Crippen LogP contribution is -2.13. The topological polar surface area (TPSA) is 84.2 Å². The second-order valence-electron chi connectivity index (χ2n) is 6.35. The molecule has 0 spiro atoms. The van der Waals surface area contributed by atoms with E-state index in [1.165, 1.54) is 18.6 Å². The van der Waals surface area contributed by atoms with E-state index in [0.29, 0.717) is 17.4 Å². The predicted molar refractivity (Wildman–Crippen MR) is 99.5 cm³/mol. The van der Waals surface area contributed by atoms with Crippen molar-refractivity contribution in [2.24, 2.45) is 0 Å². The van der Waals surface area contributed by atoms with Gasteiger partial charge in [0, 0.05) is 29.6 Å². The third kappa shape index (κ3) is 5.02. The Hall–Kier alpha value is -3.69. The zero-order valence-electron chi connectivity index (χ0n) is 15.3. The number of hydrogen-bond acceptors (Lipinski definition) is 3. The highest BCUT2D eigenvalue weighted by atomic mass is 19.4. The predicted octanol–water partition coefficient (Wildman–Crippen LogP) is 4.50. The Labute approximate surface area is 167 Å².